The van der Waals surface area contributed by atoms with Gasteiger partial charge in [-0.15, -0.1) is 0 Å². The Morgan fingerprint density at radius 1 is 1.37 bits per heavy atom. The van der Waals surface area contributed by atoms with Crippen LogP contribution in [-0.2, 0) is 16.6 Å². The van der Waals surface area contributed by atoms with Gasteiger partial charge in [0.25, 0.3) is 10.0 Å². The molecule has 0 bridgehead atoms. The van der Waals surface area contributed by atoms with Crippen LogP contribution in [0.15, 0.2) is 29.4 Å². The number of nitrogens with one attached hydrogen (secondary N) is 2. The van der Waals surface area contributed by atoms with Crippen LogP contribution in [0.4, 0.5) is 14.5 Å². The van der Waals surface area contributed by atoms with E-state index in [1.165, 1.54) is 12.4 Å². The molecule has 1 heterocycles. The first-order chi connectivity index (χ1) is 8.94. The molecule has 9 heteroatoms. The van der Waals surface area contributed by atoms with Gasteiger partial charge in [0.15, 0.2) is 11.6 Å². The highest BCUT2D eigenvalue weighted by Crippen LogP contribution is 2.22. The predicted molar refractivity (Wildman–Crippen MR) is 61.7 cm³/mol. The maximum Gasteiger partial charge on any atom is 0.265 e. The molecule has 3 N–H and O–H groups in total. The summed E-state index contributed by atoms with van der Waals surface area (Å²) >= 11 is 0. The lowest BCUT2D eigenvalue weighted by molar-refractivity contribution is 0.280. The second kappa shape index (κ2) is 4.94. The van der Waals surface area contributed by atoms with E-state index in [9.17, 15) is 17.2 Å². The molecule has 0 aliphatic carbocycles. The highest BCUT2D eigenvalue weighted by Gasteiger charge is 2.23. The zero-order valence-corrected chi connectivity index (χ0v) is 10.2. The predicted octanol–water partition coefficient (Wildman–Crippen LogP) is 0.981. The number of H-pyrrole nitrogens is 1. The number of sulfonamides is 1. The molecule has 0 aliphatic heterocycles. The first kappa shape index (κ1) is 13.4. The van der Waals surface area contributed by atoms with E-state index in [1.807, 2.05) is 4.72 Å². The van der Waals surface area contributed by atoms with Crippen molar-refractivity contribution < 1.29 is 22.3 Å². The van der Waals surface area contributed by atoms with Crippen molar-refractivity contribution in [3.63, 3.8) is 0 Å². The van der Waals surface area contributed by atoms with E-state index >= 15 is 0 Å². The Bertz CT molecular complexity index is 686. The fourth-order valence-electron chi connectivity index (χ4n) is 1.42. The SMILES string of the molecule is O=S(=O)(Nc1cn[nH]c1)c1cc(CO)cc(F)c1F. The lowest BCUT2D eigenvalue weighted by atomic mass is 10.2. The van der Waals surface area contributed by atoms with Gasteiger partial charge in [0.05, 0.1) is 18.5 Å². The van der Waals surface area contributed by atoms with E-state index in [0.717, 1.165) is 12.1 Å². The van der Waals surface area contributed by atoms with Gasteiger partial charge >= 0.3 is 0 Å². The first-order valence-electron chi connectivity index (χ1n) is 5.04. The fourth-order valence-corrected chi connectivity index (χ4v) is 2.59. The normalized spacial score (nSPS) is 11.5. The van der Waals surface area contributed by atoms with Crippen LogP contribution in [0.3, 0.4) is 0 Å². The molecule has 102 valence electrons. The summed E-state index contributed by atoms with van der Waals surface area (Å²) in [6, 6.07) is 1.59. The summed E-state index contributed by atoms with van der Waals surface area (Å²) in [7, 11) is -4.31. The van der Waals surface area contributed by atoms with Crippen molar-refractivity contribution in [3.8, 4) is 0 Å². The lowest BCUT2D eigenvalue weighted by Gasteiger charge is -2.09. The van der Waals surface area contributed by atoms with Crippen LogP contribution in [0.1, 0.15) is 5.56 Å². The summed E-state index contributed by atoms with van der Waals surface area (Å²) in [4.78, 5) is -0.877. The molecule has 19 heavy (non-hydrogen) atoms. The molecule has 0 aliphatic rings. The molecule has 0 unspecified atom stereocenters. The van der Waals surface area contributed by atoms with Crippen molar-refractivity contribution >= 4 is 15.7 Å². The van der Waals surface area contributed by atoms with Crippen LogP contribution in [0.25, 0.3) is 0 Å². The number of hydrogen-bond acceptors (Lipinski definition) is 4. The van der Waals surface area contributed by atoms with Crippen LogP contribution in [0, 0.1) is 11.6 Å². The number of aromatic amines is 1. The van der Waals surface area contributed by atoms with E-state index < -0.39 is 33.2 Å². The molecule has 0 amide bonds. The smallest absolute Gasteiger partial charge is 0.265 e. The summed E-state index contributed by atoms with van der Waals surface area (Å²) in [5.74, 6) is -2.85. The number of aliphatic hydroxyl groups is 1. The second-order valence-electron chi connectivity index (χ2n) is 3.64. The van der Waals surface area contributed by atoms with Crippen molar-refractivity contribution in [2.75, 3.05) is 4.72 Å². The average Bonchev–Trinajstić information content (AvgIpc) is 2.84. The van der Waals surface area contributed by atoms with E-state index in [0.29, 0.717) is 0 Å². The van der Waals surface area contributed by atoms with E-state index in [2.05, 4.69) is 10.2 Å². The molecule has 0 radical (unpaired) electrons. The van der Waals surface area contributed by atoms with Gasteiger partial charge in [0.1, 0.15) is 4.90 Å². The van der Waals surface area contributed by atoms with Crippen LogP contribution < -0.4 is 4.72 Å². The largest absolute Gasteiger partial charge is 0.392 e. The minimum atomic E-state index is -4.31. The molecule has 0 atom stereocenters. The molecule has 2 aromatic rings. The molecule has 1 aromatic heterocycles. The van der Waals surface area contributed by atoms with Crippen molar-refractivity contribution in [1.82, 2.24) is 10.2 Å². The molecule has 0 saturated heterocycles. The summed E-state index contributed by atoms with van der Waals surface area (Å²) in [5, 5.41) is 14.8. The highest BCUT2D eigenvalue weighted by molar-refractivity contribution is 7.92. The van der Waals surface area contributed by atoms with Gasteiger partial charge < -0.3 is 5.11 Å². The Labute approximate surface area is 107 Å². The third kappa shape index (κ3) is 2.71. The van der Waals surface area contributed by atoms with Crippen LogP contribution in [0.2, 0.25) is 0 Å². The van der Waals surface area contributed by atoms with Gasteiger partial charge in [0, 0.05) is 6.20 Å². The Morgan fingerprint density at radius 2 is 2.11 bits per heavy atom. The minimum absolute atomic E-state index is 0.0496. The maximum absolute atomic E-state index is 13.5. The molecule has 2 rings (SSSR count). The fraction of sp³-hybridized carbons (Fsp3) is 0.100. The standard InChI is InChI=1S/C10H9F2N3O3S/c11-8-1-6(5-16)2-9(10(8)12)19(17,18)15-7-3-13-14-4-7/h1-4,15-16H,5H2,(H,13,14). The van der Waals surface area contributed by atoms with Gasteiger partial charge in [-0.25, -0.2) is 17.2 Å². The Hall–Kier alpha value is -2.00. The molecule has 0 fully saturated rings. The lowest BCUT2D eigenvalue weighted by Crippen LogP contribution is -2.15. The Morgan fingerprint density at radius 3 is 2.68 bits per heavy atom. The quantitative estimate of drug-likeness (QED) is 0.782. The molecule has 0 saturated carbocycles. The maximum atomic E-state index is 13.5. The number of aliphatic hydroxyl groups excluding tert-OH is 1. The minimum Gasteiger partial charge on any atom is -0.392 e. The zero-order chi connectivity index (χ0) is 14.0. The monoisotopic (exact) mass is 289 g/mol. The van der Waals surface area contributed by atoms with Gasteiger partial charge in [0.2, 0.25) is 0 Å². The number of benzene rings is 1. The van der Waals surface area contributed by atoms with Crippen LogP contribution >= 0.6 is 0 Å². The van der Waals surface area contributed by atoms with E-state index in [1.54, 1.807) is 0 Å². The van der Waals surface area contributed by atoms with Gasteiger partial charge in [-0.05, 0) is 17.7 Å². The van der Waals surface area contributed by atoms with E-state index in [4.69, 9.17) is 5.11 Å². The summed E-state index contributed by atoms with van der Waals surface area (Å²) in [6.07, 6.45) is 2.41. The molecular formula is C10H9F2N3O3S. The molecule has 1 aromatic carbocycles. The van der Waals surface area contributed by atoms with Crippen molar-refractivity contribution in [2.24, 2.45) is 0 Å². The highest BCUT2D eigenvalue weighted by atomic mass is 32.2. The van der Waals surface area contributed by atoms with Gasteiger partial charge in [-0.3, -0.25) is 9.82 Å². The second-order valence-corrected chi connectivity index (χ2v) is 5.29. The van der Waals surface area contributed by atoms with Crippen LogP contribution in [0.5, 0.6) is 0 Å². The van der Waals surface area contributed by atoms with Crippen molar-refractivity contribution in [1.29, 1.82) is 0 Å². The molecule has 6 nitrogen and oxygen atoms in total. The summed E-state index contributed by atoms with van der Waals surface area (Å²) < 4.78 is 52.6. The van der Waals surface area contributed by atoms with Crippen molar-refractivity contribution in [2.45, 2.75) is 11.5 Å². The summed E-state index contributed by atoms with van der Waals surface area (Å²) in [6.45, 7) is -0.606. The Kier molecular flexibility index (Phi) is 3.49. The van der Waals surface area contributed by atoms with Gasteiger partial charge in [-0.1, -0.05) is 0 Å². The number of anilines is 1. The molecule has 0 spiro atoms. The van der Waals surface area contributed by atoms with Crippen LogP contribution in [-0.4, -0.2) is 23.7 Å². The van der Waals surface area contributed by atoms with Gasteiger partial charge in [-0.2, -0.15) is 5.10 Å². The number of rotatable bonds is 4. The number of aromatic nitrogens is 2. The Balaban J connectivity index is 2.48. The third-order valence-electron chi connectivity index (χ3n) is 2.28. The number of halogens is 2. The zero-order valence-electron chi connectivity index (χ0n) is 9.39. The number of nitrogens with zero attached hydrogens (tertiary/aromatic N) is 1. The number of hydrogen-bond donors (Lipinski definition) is 3. The average molecular weight is 289 g/mol. The third-order valence-corrected chi connectivity index (χ3v) is 3.66. The van der Waals surface area contributed by atoms with Crippen molar-refractivity contribution in [3.05, 3.63) is 41.7 Å². The topological polar surface area (TPSA) is 95.1 Å². The summed E-state index contributed by atoms with van der Waals surface area (Å²) in [5.41, 5.74) is 0.0284. The van der Waals surface area contributed by atoms with E-state index in [-0.39, 0.29) is 11.3 Å². The first-order valence-corrected chi connectivity index (χ1v) is 6.53. The molecular weight excluding hydrogens is 280 g/mol.